The van der Waals surface area contributed by atoms with E-state index in [1.165, 1.54) is 4.90 Å². The van der Waals surface area contributed by atoms with E-state index in [4.69, 9.17) is 5.11 Å². The molecular formula is C19H19N7O2. The highest BCUT2D eigenvalue weighted by atomic mass is 16.4. The molecule has 0 unspecified atom stereocenters. The van der Waals surface area contributed by atoms with E-state index in [9.17, 15) is 4.79 Å². The van der Waals surface area contributed by atoms with Gasteiger partial charge < -0.3 is 20.2 Å². The Hall–Kier alpha value is -3.75. The summed E-state index contributed by atoms with van der Waals surface area (Å²) < 4.78 is 0. The van der Waals surface area contributed by atoms with E-state index < -0.39 is 6.09 Å². The smallest absolute Gasteiger partial charge is 0.407 e. The normalized spacial score (nSPS) is 14.0. The Morgan fingerprint density at radius 1 is 1.00 bits per heavy atom. The summed E-state index contributed by atoms with van der Waals surface area (Å²) in [6.45, 7) is 2.17. The van der Waals surface area contributed by atoms with Gasteiger partial charge in [-0.1, -0.05) is 6.07 Å². The number of anilines is 3. The first kappa shape index (κ1) is 17.7. The van der Waals surface area contributed by atoms with Crippen molar-refractivity contribution in [1.82, 2.24) is 24.8 Å². The monoisotopic (exact) mass is 377 g/mol. The summed E-state index contributed by atoms with van der Waals surface area (Å²) in [5.74, 6) is 2.11. The van der Waals surface area contributed by atoms with E-state index in [1.807, 2.05) is 30.3 Å². The Balaban J connectivity index is 1.52. The van der Waals surface area contributed by atoms with Crippen molar-refractivity contribution in [3.8, 4) is 11.3 Å². The zero-order valence-electron chi connectivity index (χ0n) is 15.1. The molecule has 0 atom stereocenters. The molecule has 2 N–H and O–H groups in total. The zero-order chi connectivity index (χ0) is 19.3. The average Bonchev–Trinajstić information content (AvgIpc) is 2.75. The van der Waals surface area contributed by atoms with Crippen LogP contribution in [0.3, 0.4) is 0 Å². The Kier molecular flexibility index (Phi) is 4.96. The highest BCUT2D eigenvalue weighted by Gasteiger charge is 2.21. The van der Waals surface area contributed by atoms with Crippen molar-refractivity contribution in [3.05, 3.63) is 55.1 Å². The topological polar surface area (TPSA) is 107 Å². The van der Waals surface area contributed by atoms with Crippen molar-refractivity contribution in [2.75, 3.05) is 36.4 Å². The third kappa shape index (κ3) is 3.98. The van der Waals surface area contributed by atoms with Gasteiger partial charge in [0.2, 0.25) is 0 Å². The minimum atomic E-state index is -0.877. The van der Waals surface area contributed by atoms with Crippen LogP contribution in [0.1, 0.15) is 0 Å². The zero-order valence-corrected chi connectivity index (χ0v) is 15.1. The van der Waals surface area contributed by atoms with E-state index in [0.29, 0.717) is 37.8 Å². The summed E-state index contributed by atoms with van der Waals surface area (Å²) in [5.41, 5.74) is 1.75. The number of rotatable bonds is 4. The fourth-order valence-corrected chi connectivity index (χ4v) is 3.04. The van der Waals surface area contributed by atoms with Crippen molar-refractivity contribution in [1.29, 1.82) is 0 Å². The fourth-order valence-electron chi connectivity index (χ4n) is 3.04. The first-order valence-electron chi connectivity index (χ1n) is 8.88. The van der Waals surface area contributed by atoms with Crippen LogP contribution >= 0.6 is 0 Å². The molecule has 28 heavy (non-hydrogen) atoms. The first-order valence-corrected chi connectivity index (χ1v) is 8.88. The summed E-state index contributed by atoms with van der Waals surface area (Å²) in [4.78, 5) is 31.9. The van der Waals surface area contributed by atoms with Crippen LogP contribution in [-0.2, 0) is 0 Å². The predicted octanol–water partition coefficient (Wildman–Crippen LogP) is 2.48. The Morgan fingerprint density at radius 2 is 1.86 bits per heavy atom. The molecule has 1 aliphatic rings. The minimum Gasteiger partial charge on any atom is -0.465 e. The van der Waals surface area contributed by atoms with Crippen LogP contribution < -0.4 is 10.2 Å². The number of hydrogen-bond donors (Lipinski definition) is 2. The summed E-state index contributed by atoms with van der Waals surface area (Å²) in [5, 5.41) is 12.2. The number of nitrogens with zero attached hydrogens (tertiary/aromatic N) is 6. The second-order valence-corrected chi connectivity index (χ2v) is 6.28. The third-order valence-electron chi connectivity index (χ3n) is 4.48. The highest BCUT2D eigenvalue weighted by molar-refractivity contribution is 5.67. The average molecular weight is 377 g/mol. The molecule has 1 saturated heterocycles. The minimum absolute atomic E-state index is 0.469. The van der Waals surface area contributed by atoms with Crippen molar-refractivity contribution in [2.45, 2.75) is 0 Å². The highest BCUT2D eigenvalue weighted by Crippen LogP contribution is 2.24. The molecule has 1 fully saturated rings. The quantitative estimate of drug-likeness (QED) is 0.714. The molecule has 0 radical (unpaired) electrons. The molecule has 1 amide bonds. The molecular weight excluding hydrogens is 358 g/mol. The van der Waals surface area contributed by atoms with Crippen LogP contribution in [0, 0.1) is 0 Å². The van der Waals surface area contributed by atoms with Gasteiger partial charge in [-0.15, -0.1) is 0 Å². The van der Waals surface area contributed by atoms with Gasteiger partial charge in [-0.25, -0.2) is 19.7 Å². The van der Waals surface area contributed by atoms with Gasteiger partial charge >= 0.3 is 6.09 Å². The molecule has 0 spiro atoms. The molecule has 0 aromatic carbocycles. The molecule has 3 aromatic heterocycles. The molecule has 0 saturated carbocycles. The SMILES string of the molecule is O=C(O)N1CCN(c2cc(-c3cccc(Nc4cnccn4)n3)ccn2)CC1. The molecule has 4 rings (SSSR count). The molecule has 0 bridgehead atoms. The van der Waals surface area contributed by atoms with Gasteiger partial charge in [-0.3, -0.25) is 4.98 Å². The van der Waals surface area contributed by atoms with Gasteiger partial charge in [0.25, 0.3) is 0 Å². The lowest BCUT2D eigenvalue weighted by Crippen LogP contribution is -2.48. The van der Waals surface area contributed by atoms with Crippen LogP contribution in [0.5, 0.6) is 0 Å². The van der Waals surface area contributed by atoms with Crippen molar-refractivity contribution >= 4 is 23.5 Å². The Bertz CT molecular complexity index is 959. The van der Waals surface area contributed by atoms with Gasteiger partial charge in [0.1, 0.15) is 17.5 Å². The molecule has 9 heteroatoms. The maximum Gasteiger partial charge on any atom is 0.407 e. The van der Waals surface area contributed by atoms with Crippen LogP contribution in [0.25, 0.3) is 11.3 Å². The van der Waals surface area contributed by atoms with Gasteiger partial charge in [0.05, 0.1) is 11.9 Å². The van der Waals surface area contributed by atoms with Gasteiger partial charge in [-0.05, 0) is 24.3 Å². The van der Waals surface area contributed by atoms with Crippen molar-refractivity contribution < 1.29 is 9.90 Å². The van der Waals surface area contributed by atoms with Crippen molar-refractivity contribution in [2.24, 2.45) is 0 Å². The molecule has 0 aliphatic carbocycles. The lowest BCUT2D eigenvalue weighted by atomic mass is 10.1. The third-order valence-corrected chi connectivity index (χ3v) is 4.48. The summed E-state index contributed by atoms with van der Waals surface area (Å²) in [6, 6.07) is 9.61. The number of carboxylic acid groups (broad SMARTS) is 1. The van der Waals surface area contributed by atoms with Crippen LogP contribution in [0.15, 0.2) is 55.1 Å². The number of nitrogens with one attached hydrogen (secondary N) is 1. The van der Waals surface area contributed by atoms with Gasteiger partial charge in [-0.2, -0.15) is 0 Å². The summed E-state index contributed by atoms with van der Waals surface area (Å²) >= 11 is 0. The Morgan fingerprint density at radius 3 is 2.61 bits per heavy atom. The number of aromatic nitrogens is 4. The summed E-state index contributed by atoms with van der Waals surface area (Å²) in [6.07, 6.45) is 5.74. The maximum atomic E-state index is 11.1. The maximum absolute atomic E-state index is 11.1. The number of pyridine rings is 2. The first-order chi connectivity index (χ1) is 13.7. The van der Waals surface area contributed by atoms with Crippen LogP contribution in [-0.4, -0.2) is 62.2 Å². The van der Waals surface area contributed by atoms with E-state index >= 15 is 0 Å². The van der Waals surface area contributed by atoms with E-state index in [1.54, 1.807) is 24.8 Å². The van der Waals surface area contributed by atoms with Gasteiger partial charge in [0, 0.05) is 50.3 Å². The van der Waals surface area contributed by atoms with E-state index in [0.717, 1.165) is 17.1 Å². The largest absolute Gasteiger partial charge is 0.465 e. The molecule has 4 heterocycles. The van der Waals surface area contributed by atoms with Gasteiger partial charge in [0.15, 0.2) is 0 Å². The lowest BCUT2D eigenvalue weighted by Gasteiger charge is -2.33. The van der Waals surface area contributed by atoms with Crippen molar-refractivity contribution in [3.63, 3.8) is 0 Å². The fraction of sp³-hybridized carbons (Fsp3) is 0.211. The number of hydrogen-bond acceptors (Lipinski definition) is 7. The molecule has 3 aromatic rings. The second-order valence-electron chi connectivity index (χ2n) is 6.28. The lowest BCUT2D eigenvalue weighted by molar-refractivity contribution is 0.142. The number of carbonyl (C=O) groups is 1. The second kappa shape index (κ2) is 7.87. The molecule has 142 valence electrons. The molecule has 9 nitrogen and oxygen atoms in total. The van der Waals surface area contributed by atoms with Crippen LogP contribution in [0.2, 0.25) is 0 Å². The molecule has 1 aliphatic heterocycles. The van der Waals surface area contributed by atoms with E-state index in [2.05, 4.69) is 30.2 Å². The van der Waals surface area contributed by atoms with E-state index in [-0.39, 0.29) is 0 Å². The number of piperazine rings is 1. The standard InChI is InChI=1S/C19H19N7O2/c27-19(28)26-10-8-25(9-11-26)18-12-14(4-5-22-18)15-2-1-3-16(23-15)24-17-13-20-6-7-21-17/h1-7,12-13H,8-11H2,(H,27,28)(H,21,23,24). The predicted molar refractivity (Wildman–Crippen MR) is 105 cm³/mol. The number of amides is 1. The summed E-state index contributed by atoms with van der Waals surface area (Å²) in [7, 11) is 0. The van der Waals surface area contributed by atoms with Crippen LogP contribution in [0.4, 0.5) is 22.2 Å². The Labute approximate surface area is 161 Å².